The summed E-state index contributed by atoms with van der Waals surface area (Å²) in [6, 6.07) is 11.9. The van der Waals surface area contributed by atoms with E-state index in [9.17, 15) is 13.6 Å². The molecular weight excluding hydrogens is 354 g/mol. The second kappa shape index (κ2) is 7.77. The van der Waals surface area contributed by atoms with Crippen LogP contribution in [0, 0.1) is 18.6 Å². The fraction of sp³-hybridized carbons (Fsp3) is 0.105. The molecule has 0 unspecified atom stereocenters. The summed E-state index contributed by atoms with van der Waals surface area (Å²) in [6.07, 6.45) is 0. The van der Waals surface area contributed by atoms with Crippen molar-refractivity contribution in [3.63, 3.8) is 0 Å². The number of halogens is 2. The zero-order valence-corrected chi connectivity index (χ0v) is 14.6. The van der Waals surface area contributed by atoms with Gasteiger partial charge in [0.05, 0.1) is 18.4 Å². The van der Waals surface area contributed by atoms with Gasteiger partial charge < -0.3 is 15.4 Å². The summed E-state index contributed by atoms with van der Waals surface area (Å²) in [4.78, 5) is 20.5. The van der Waals surface area contributed by atoms with Gasteiger partial charge in [-0.1, -0.05) is 12.1 Å². The Morgan fingerprint density at radius 2 is 1.78 bits per heavy atom. The third-order valence-corrected chi connectivity index (χ3v) is 3.63. The van der Waals surface area contributed by atoms with E-state index in [1.807, 2.05) is 0 Å². The second-order valence-electron chi connectivity index (χ2n) is 5.63. The number of hydrogen-bond acceptors (Lipinski definition) is 6. The van der Waals surface area contributed by atoms with Gasteiger partial charge in [0.25, 0.3) is 0 Å². The molecule has 0 bridgehead atoms. The second-order valence-corrected chi connectivity index (χ2v) is 5.63. The molecule has 0 saturated heterocycles. The van der Waals surface area contributed by atoms with Crippen LogP contribution < -0.4 is 10.6 Å². The smallest absolute Gasteiger partial charge is 0.339 e. The van der Waals surface area contributed by atoms with Crippen LogP contribution in [0.15, 0.2) is 48.5 Å². The number of hydrogen-bond donors (Lipinski definition) is 2. The standard InChI is InChI=1S/C19H16F2N4O2/c1-11-9-17(23-12-7-8-14(20)15(21)10-12)25-19(22-11)24-16-6-4-3-5-13(16)18(26)27-2/h3-10H,1-2H3,(H2,22,23,24,25). The summed E-state index contributed by atoms with van der Waals surface area (Å²) in [6.45, 7) is 1.76. The molecule has 2 aromatic carbocycles. The number of ether oxygens (including phenoxy) is 1. The third-order valence-electron chi connectivity index (χ3n) is 3.63. The van der Waals surface area contributed by atoms with Gasteiger partial charge in [0.1, 0.15) is 5.82 Å². The molecular formula is C19H16F2N4O2. The van der Waals surface area contributed by atoms with E-state index in [1.165, 1.54) is 13.2 Å². The zero-order valence-electron chi connectivity index (χ0n) is 14.6. The number of aryl methyl sites for hydroxylation is 1. The molecule has 0 atom stereocenters. The van der Waals surface area contributed by atoms with Crippen LogP contribution in [0.1, 0.15) is 16.1 Å². The predicted octanol–water partition coefficient (Wildman–Crippen LogP) is 4.34. The van der Waals surface area contributed by atoms with Crippen molar-refractivity contribution in [1.82, 2.24) is 9.97 Å². The fourth-order valence-corrected chi connectivity index (χ4v) is 2.41. The number of carbonyl (C=O) groups excluding carboxylic acids is 1. The first-order valence-electron chi connectivity index (χ1n) is 7.98. The first kappa shape index (κ1) is 18.2. The van der Waals surface area contributed by atoms with E-state index >= 15 is 0 Å². The van der Waals surface area contributed by atoms with Crippen LogP contribution in [0.4, 0.5) is 31.9 Å². The highest BCUT2D eigenvalue weighted by Crippen LogP contribution is 2.23. The van der Waals surface area contributed by atoms with Gasteiger partial charge in [-0.3, -0.25) is 0 Å². The minimum absolute atomic E-state index is 0.233. The maximum absolute atomic E-state index is 13.4. The Morgan fingerprint density at radius 1 is 1.00 bits per heavy atom. The lowest BCUT2D eigenvalue weighted by Crippen LogP contribution is -2.08. The van der Waals surface area contributed by atoms with Crippen LogP contribution in [0.3, 0.4) is 0 Å². The normalized spacial score (nSPS) is 10.4. The number of nitrogens with one attached hydrogen (secondary N) is 2. The Hall–Kier alpha value is -3.55. The minimum Gasteiger partial charge on any atom is -0.465 e. The number of aromatic nitrogens is 2. The van der Waals surface area contributed by atoms with Gasteiger partial charge in [0.2, 0.25) is 5.95 Å². The minimum atomic E-state index is -0.962. The lowest BCUT2D eigenvalue weighted by Gasteiger charge is -2.12. The Kier molecular flexibility index (Phi) is 5.25. The number of para-hydroxylation sites is 1. The maximum Gasteiger partial charge on any atom is 0.339 e. The molecule has 2 N–H and O–H groups in total. The van der Waals surface area contributed by atoms with E-state index in [4.69, 9.17) is 4.74 Å². The number of nitrogens with zero attached hydrogens (tertiary/aromatic N) is 2. The van der Waals surface area contributed by atoms with Crippen LogP contribution in [-0.2, 0) is 4.74 Å². The summed E-state index contributed by atoms with van der Waals surface area (Å²) in [5, 5.41) is 5.88. The summed E-state index contributed by atoms with van der Waals surface area (Å²) < 4.78 is 31.2. The van der Waals surface area contributed by atoms with Crippen LogP contribution >= 0.6 is 0 Å². The molecule has 138 valence electrons. The molecule has 3 rings (SSSR count). The molecule has 0 aliphatic carbocycles. The average Bonchev–Trinajstić information content (AvgIpc) is 2.64. The molecule has 0 aliphatic rings. The van der Waals surface area contributed by atoms with Crippen molar-refractivity contribution < 1.29 is 18.3 Å². The van der Waals surface area contributed by atoms with Crippen molar-refractivity contribution in [2.75, 3.05) is 17.7 Å². The highest BCUT2D eigenvalue weighted by molar-refractivity contribution is 5.96. The lowest BCUT2D eigenvalue weighted by molar-refractivity contribution is 0.0602. The maximum atomic E-state index is 13.4. The monoisotopic (exact) mass is 370 g/mol. The van der Waals surface area contributed by atoms with E-state index in [-0.39, 0.29) is 5.95 Å². The highest BCUT2D eigenvalue weighted by Gasteiger charge is 2.13. The molecule has 1 aromatic heterocycles. The van der Waals surface area contributed by atoms with Gasteiger partial charge in [0, 0.05) is 23.5 Å². The van der Waals surface area contributed by atoms with Crippen molar-refractivity contribution in [3.8, 4) is 0 Å². The van der Waals surface area contributed by atoms with E-state index in [0.29, 0.717) is 28.5 Å². The summed E-state index contributed by atoms with van der Waals surface area (Å²) in [5.41, 5.74) is 1.79. The van der Waals surface area contributed by atoms with Crippen LogP contribution in [0.2, 0.25) is 0 Å². The molecule has 1 heterocycles. The molecule has 27 heavy (non-hydrogen) atoms. The van der Waals surface area contributed by atoms with Gasteiger partial charge in [-0.05, 0) is 31.2 Å². The van der Waals surface area contributed by atoms with Crippen molar-refractivity contribution in [1.29, 1.82) is 0 Å². The molecule has 0 radical (unpaired) electrons. The predicted molar refractivity (Wildman–Crippen MR) is 97.5 cm³/mol. The van der Waals surface area contributed by atoms with Crippen LogP contribution in [-0.4, -0.2) is 23.0 Å². The number of carbonyl (C=O) groups is 1. The molecule has 0 fully saturated rings. The summed E-state index contributed by atoms with van der Waals surface area (Å²) in [7, 11) is 1.30. The van der Waals surface area contributed by atoms with Gasteiger partial charge in [-0.15, -0.1) is 0 Å². The van der Waals surface area contributed by atoms with Crippen molar-refractivity contribution >= 4 is 29.1 Å². The summed E-state index contributed by atoms with van der Waals surface area (Å²) in [5.74, 6) is -1.77. The van der Waals surface area contributed by atoms with Gasteiger partial charge in [-0.25, -0.2) is 18.6 Å². The number of rotatable bonds is 5. The number of methoxy groups -OCH3 is 1. The molecule has 8 heteroatoms. The number of esters is 1. The topological polar surface area (TPSA) is 76.1 Å². The Morgan fingerprint density at radius 3 is 2.52 bits per heavy atom. The number of benzene rings is 2. The Labute approximate surface area is 154 Å². The molecule has 0 aliphatic heterocycles. The van der Waals surface area contributed by atoms with E-state index < -0.39 is 17.6 Å². The number of anilines is 4. The Bertz CT molecular complexity index is 995. The van der Waals surface area contributed by atoms with Gasteiger partial charge >= 0.3 is 5.97 Å². The SMILES string of the molecule is COC(=O)c1ccccc1Nc1nc(C)cc(Nc2ccc(F)c(F)c2)n1. The van der Waals surface area contributed by atoms with Crippen LogP contribution in [0.25, 0.3) is 0 Å². The third kappa shape index (κ3) is 4.35. The fourth-order valence-electron chi connectivity index (χ4n) is 2.41. The molecule has 3 aromatic rings. The highest BCUT2D eigenvalue weighted by atomic mass is 19.2. The van der Waals surface area contributed by atoms with Crippen molar-refractivity contribution in [2.24, 2.45) is 0 Å². The van der Waals surface area contributed by atoms with Gasteiger partial charge in [0.15, 0.2) is 11.6 Å². The van der Waals surface area contributed by atoms with E-state index in [0.717, 1.165) is 12.1 Å². The first-order chi connectivity index (χ1) is 13.0. The van der Waals surface area contributed by atoms with E-state index in [2.05, 4.69) is 20.6 Å². The average molecular weight is 370 g/mol. The van der Waals surface area contributed by atoms with E-state index in [1.54, 1.807) is 37.3 Å². The molecule has 0 amide bonds. The largest absolute Gasteiger partial charge is 0.465 e. The Balaban J connectivity index is 1.88. The first-order valence-corrected chi connectivity index (χ1v) is 7.98. The van der Waals surface area contributed by atoms with Crippen molar-refractivity contribution in [2.45, 2.75) is 6.92 Å². The zero-order chi connectivity index (χ0) is 19.4. The lowest BCUT2D eigenvalue weighted by atomic mass is 10.2. The molecule has 0 saturated carbocycles. The van der Waals surface area contributed by atoms with Crippen molar-refractivity contribution in [3.05, 3.63) is 71.4 Å². The van der Waals surface area contributed by atoms with Gasteiger partial charge in [-0.2, -0.15) is 4.98 Å². The molecule has 6 nitrogen and oxygen atoms in total. The van der Waals surface area contributed by atoms with Crippen LogP contribution in [0.5, 0.6) is 0 Å². The summed E-state index contributed by atoms with van der Waals surface area (Å²) >= 11 is 0. The quantitative estimate of drug-likeness (QED) is 0.651. The molecule has 0 spiro atoms.